The topological polar surface area (TPSA) is 71.3 Å². The molecule has 0 saturated carbocycles. The molecule has 0 spiro atoms. The van der Waals surface area contributed by atoms with Crippen LogP contribution < -0.4 is 5.32 Å². The Balaban J connectivity index is 1.80. The van der Waals surface area contributed by atoms with Crippen molar-refractivity contribution in [3.63, 3.8) is 0 Å². The number of carbonyl (C=O) groups is 2. The second kappa shape index (κ2) is 6.46. The maximum atomic E-state index is 12.2. The molecule has 0 atom stereocenters. The molecule has 23 heavy (non-hydrogen) atoms. The molecule has 2 N–H and O–H groups in total. The molecule has 5 heteroatoms. The Morgan fingerprint density at radius 1 is 1.13 bits per heavy atom. The Kier molecular flexibility index (Phi) is 4.21. The molecule has 2 aromatic carbocycles. The molecular weight excluding hydrogens is 292 g/mol. The van der Waals surface area contributed by atoms with Gasteiger partial charge in [0, 0.05) is 40.5 Å². The monoisotopic (exact) mass is 308 g/mol. The van der Waals surface area contributed by atoms with Crippen molar-refractivity contribution in [3.05, 3.63) is 65.9 Å². The molecule has 116 valence electrons. The zero-order chi connectivity index (χ0) is 16.2. The number of aldehydes is 1. The van der Waals surface area contributed by atoms with Crippen LogP contribution in [0.3, 0.4) is 0 Å². The van der Waals surface area contributed by atoms with Crippen LogP contribution in [0.1, 0.15) is 20.7 Å². The highest BCUT2D eigenvalue weighted by atomic mass is 16.3. The van der Waals surface area contributed by atoms with Gasteiger partial charge in [0.15, 0.2) is 0 Å². The molecule has 1 amide bonds. The fourth-order valence-electron chi connectivity index (χ4n) is 2.50. The van der Waals surface area contributed by atoms with E-state index in [4.69, 9.17) is 5.11 Å². The van der Waals surface area contributed by atoms with Crippen LogP contribution in [-0.2, 0) is 6.54 Å². The number of anilines is 1. The third-order valence-corrected chi connectivity index (χ3v) is 3.68. The molecule has 0 radical (unpaired) electrons. The first kappa shape index (κ1) is 15.0. The van der Waals surface area contributed by atoms with Gasteiger partial charge in [0.25, 0.3) is 5.91 Å². The van der Waals surface area contributed by atoms with E-state index in [1.54, 1.807) is 24.3 Å². The lowest BCUT2D eigenvalue weighted by Gasteiger charge is -2.07. The van der Waals surface area contributed by atoms with Crippen molar-refractivity contribution in [3.8, 4) is 0 Å². The van der Waals surface area contributed by atoms with Crippen molar-refractivity contribution in [2.75, 3.05) is 11.9 Å². The van der Waals surface area contributed by atoms with E-state index in [0.29, 0.717) is 23.4 Å². The molecule has 5 nitrogen and oxygen atoms in total. The molecule has 0 bridgehead atoms. The minimum Gasteiger partial charge on any atom is -0.395 e. The molecule has 1 aromatic heterocycles. The molecule has 0 aliphatic rings. The highest BCUT2D eigenvalue weighted by Crippen LogP contribution is 2.21. The van der Waals surface area contributed by atoms with Crippen molar-refractivity contribution < 1.29 is 14.7 Å². The van der Waals surface area contributed by atoms with Crippen LogP contribution in [0.4, 0.5) is 5.69 Å². The number of hydrogen-bond donors (Lipinski definition) is 2. The Hall–Kier alpha value is -2.92. The first-order valence-electron chi connectivity index (χ1n) is 7.27. The fraction of sp³-hybridized carbons (Fsp3) is 0.111. The van der Waals surface area contributed by atoms with E-state index >= 15 is 0 Å². The van der Waals surface area contributed by atoms with Gasteiger partial charge in [-0.05, 0) is 36.4 Å². The van der Waals surface area contributed by atoms with Crippen LogP contribution in [0.5, 0.6) is 0 Å². The van der Waals surface area contributed by atoms with Crippen molar-refractivity contribution in [2.45, 2.75) is 6.54 Å². The van der Waals surface area contributed by atoms with Crippen LogP contribution in [0.2, 0.25) is 0 Å². The van der Waals surface area contributed by atoms with Gasteiger partial charge in [0.1, 0.15) is 6.29 Å². The Bertz CT molecular complexity index is 850. The SMILES string of the molecule is O=Cc1ccc(C(=O)Nc2ccc3c(ccn3CCO)c2)cc1. The number of benzene rings is 2. The van der Waals surface area contributed by atoms with Gasteiger partial charge in [-0.25, -0.2) is 0 Å². The van der Waals surface area contributed by atoms with Crippen LogP contribution >= 0.6 is 0 Å². The van der Waals surface area contributed by atoms with E-state index in [1.165, 1.54) is 0 Å². The zero-order valence-corrected chi connectivity index (χ0v) is 12.4. The van der Waals surface area contributed by atoms with Crippen LogP contribution in [-0.4, -0.2) is 28.5 Å². The number of carbonyl (C=O) groups excluding carboxylic acids is 2. The average molecular weight is 308 g/mol. The largest absolute Gasteiger partial charge is 0.395 e. The van der Waals surface area contributed by atoms with Crippen LogP contribution in [0, 0.1) is 0 Å². The summed E-state index contributed by atoms with van der Waals surface area (Å²) in [4.78, 5) is 22.9. The summed E-state index contributed by atoms with van der Waals surface area (Å²) < 4.78 is 1.96. The Morgan fingerprint density at radius 2 is 1.91 bits per heavy atom. The predicted molar refractivity (Wildman–Crippen MR) is 88.8 cm³/mol. The first-order valence-corrected chi connectivity index (χ1v) is 7.27. The van der Waals surface area contributed by atoms with Gasteiger partial charge < -0.3 is 15.0 Å². The third-order valence-electron chi connectivity index (χ3n) is 3.68. The lowest BCUT2D eigenvalue weighted by atomic mass is 10.1. The standard InChI is InChI=1S/C18H16N2O3/c21-10-9-20-8-7-15-11-16(5-6-17(15)20)19-18(23)14-3-1-13(12-22)2-4-14/h1-8,11-12,21H,9-10H2,(H,19,23). The number of fused-ring (bicyclic) bond motifs is 1. The van der Waals surface area contributed by atoms with E-state index in [2.05, 4.69) is 5.32 Å². The van der Waals surface area contributed by atoms with Crippen molar-refractivity contribution in [1.29, 1.82) is 0 Å². The van der Waals surface area contributed by atoms with E-state index in [0.717, 1.165) is 17.2 Å². The number of aliphatic hydroxyl groups is 1. The molecule has 0 aliphatic carbocycles. The quantitative estimate of drug-likeness (QED) is 0.712. The molecular formula is C18H16N2O3. The van der Waals surface area contributed by atoms with Gasteiger partial charge in [-0.3, -0.25) is 9.59 Å². The summed E-state index contributed by atoms with van der Waals surface area (Å²) in [5.74, 6) is -0.225. The van der Waals surface area contributed by atoms with Gasteiger partial charge in [0.2, 0.25) is 0 Å². The maximum Gasteiger partial charge on any atom is 0.255 e. The Labute approximate surface area is 133 Å². The number of hydrogen-bond acceptors (Lipinski definition) is 3. The predicted octanol–water partition coefficient (Wildman–Crippen LogP) is 2.70. The van der Waals surface area contributed by atoms with Gasteiger partial charge in [-0.15, -0.1) is 0 Å². The second-order valence-corrected chi connectivity index (χ2v) is 5.20. The minimum absolute atomic E-state index is 0.0824. The van der Waals surface area contributed by atoms with E-state index in [9.17, 15) is 9.59 Å². The highest BCUT2D eigenvalue weighted by molar-refractivity contribution is 6.05. The molecule has 3 rings (SSSR count). The average Bonchev–Trinajstić information content (AvgIpc) is 2.97. The highest BCUT2D eigenvalue weighted by Gasteiger charge is 2.07. The summed E-state index contributed by atoms with van der Waals surface area (Å²) in [6, 6.07) is 14.0. The molecule has 3 aromatic rings. The maximum absolute atomic E-state index is 12.2. The number of amides is 1. The summed E-state index contributed by atoms with van der Waals surface area (Å²) in [5, 5.41) is 12.9. The number of aromatic nitrogens is 1. The number of nitrogens with zero attached hydrogens (tertiary/aromatic N) is 1. The Morgan fingerprint density at radius 3 is 2.61 bits per heavy atom. The normalized spacial score (nSPS) is 10.7. The number of nitrogens with one attached hydrogen (secondary N) is 1. The molecule has 1 heterocycles. The smallest absolute Gasteiger partial charge is 0.255 e. The lowest BCUT2D eigenvalue weighted by molar-refractivity contribution is 0.102. The molecule has 0 saturated heterocycles. The lowest BCUT2D eigenvalue weighted by Crippen LogP contribution is -2.11. The minimum atomic E-state index is -0.225. The van der Waals surface area contributed by atoms with Crippen LogP contribution in [0.25, 0.3) is 10.9 Å². The first-order chi connectivity index (χ1) is 11.2. The molecule has 0 aliphatic heterocycles. The van der Waals surface area contributed by atoms with Crippen molar-refractivity contribution >= 4 is 28.8 Å². The fourth-order valence-corrected chi connectivity index (χ4v) is 2.50. The van der Waals surface area contributed by atoms with Gasteiger partial charge >= 0.3 is 0 Å². The number of rotatable bonds is 5. The third kappa shape index (κ3) is 3.14. The van der Waals surface area contributed by atoms with Crippen molar-refractivity contribution in [2.24, 2.45) is 0 Å². The van der Waals surface area contributed by atoms with E-state index < -0.39 is 0 Å². The summed E-state index contributed by atoms with van der Waals surface area (Å²) in [6.07, 6.45) is 2.65. The van der Waals surface area contributed by atoms with E-state index in [1.807, 2.05) is 35.0 Å². The number of aliphatic hydroxyl groups excluding tert-OH is 1. The van der Waals surface area contributed by atoms with E-state index in [-0.39, 0.29) is 12.5 Å². The van der Waals surface area contributed by atoms with Crippen LogP contribution in [0.15, 0.2) is 54.7 Å². The summed E-state index contributed by atoms with van der Waals surface area (Å²) in [7, 11) is 0. The van der Waals surface area contributed by atoms with Gasteiger partial charge in [0.05, 0.1) is 6.61 Å². The molecule has 0 unspecified atom stereocenters. The second-order valence-electron chi connectivity index (χ2n) is 5.20. The zero-order valence-electron chi connectivity index (χ0n) is 12.4. The summed E-state index contributed by atoms with van der Waals surface area (Å²) >= 11 is 0. The summed E-state index contributed by atoms with van der Waals surface area (Å²) in [6.45, 7) is 0.622. The summed E-state index contributed by atoms with van der Waals surface area (Å²) in [5.41, 5.74) is 2.73. The van der Waals surface area contributed by atoms with Gasteiger partial charge in [-0.1, -0.05) is 12.1 Å². The van der Waals surface area contributed by atoms with Crippen molar-refractivity contribution in [1.82, 2.24) is 4.57 Å². The molecule has 0 fully saturated rings. The van der Waals surface area contributed by atoms with Gasteiger partial charge in [-0.2, -0.15) is 0 Å².